The van der Waals surface area contributed by atoms with Gasteiger partial charge < -0.3 is 4.84 Å². The molecule has 0 fully saturated rings. The van der Waals surface area contributed by atoms with Crippen LogP contribution in [0.3, 0.4) is 0 Å². The van der Waals surface area contributed by atoms with Crippen molar-refractivity contribution >= 4 is 5.71 Å². The zero-order chi connectivity index (χ0) is 8.81. The van der Waals surface area contributed by atoms with Crippen molar-refractivity contribution in [2.24, 2.45) is 5.16 Å². The predicted molar refractivity (Wildman–Crippen MR) is 50.3 cm³/mol. The van der Waals surface area contributed by atoms with Crippen LogP contribution in [0.1, 0.15) is 12.5 Å². The van der Waals surface area contributed by atoms with Crippen LogP contribution >= 0.6 is 0 Å². The highest BCUT2D eigenvalue weighted by Gasteiger charge is 1.94. The van der Waals surface area contributed by atoms with Crippen LogP contribution < -0.4 is 0 Å². The number of oxime groups is 1. The number of benzene rings is 1. The van der Waals surface area contributed by atoms with E-state index in [1.54, 1.807) is 7.11 Å². The maximum absolute atomic E-state index is 4.66. The molecule has 0 amide bonds. The molecule has 1 rings (SSSR count). The van der Waals surface area contributed by atoms with Gasteiger partial charge in [-0.05, 0) is 12.5 Å². The van der Waals surface area contributed by atoms with Crippen molar-refractivity contribution in [3.8, 4) is 0 Å². The van der Waals surface area contributed by atoms with E-state index in [2.05, 4.69) is 22.1 Å². The second kappa shape index (κ2) is 4.54. The van der Waals surface area contributed by atoms with Gasteiger partial charge in [-0.15, -0.1) is 0 Å². The van der Waals surface area contributed by atoms with Crippen LogP contribution in [0.25, 0.3) is 0 Å². The van der Waals surface area contributed by atoms with E-state index in [0.29, 0.717) is 0 Å². The molecular weight excluding hydrogens is 150 g/mol. The van der Waals surface area contributed by atoms with E-state index in [1.807, 2.05) is 25.1 Å². The van der Waals surface area contributed by atoms with Crippen LogP contribution in [0.5, 0.6) is 0 Å². The van der Waals surface area contributed by atoms with Gasteiger partial charge in [-0.1, -0.05) is 35.5 Å². The molecule has 12 heavy (non-hydrogen) atoms. The van der Waals surface area contributed by atoms with Gasteiger partial charge in [0.2, 0.25) is 0 Å². The summed E-state index contributed by atoms with van der Waals surface area (Å²) in [5.74, 6) is 0. The molecule has 0 aliphatic carbocycles. The smallest absolute Gasteiger partial charge is 0.106 e. The molecule has 0 aromatic heterocycles. The zero-order valence-electron chi connectivity index (χ0n) is 7.45. The lowest BCUT2D eigenvalue weighted by Crippen LogP contribution is -1.97. The molecule has 0 unspecified atom stereocenters. The quantitative estimate of drug-likeness (QED) is 0.494. The van der Waals surface area contributed by atoms with Crippen LogP contribution in [0.4, 0.5) is 0 Å². The minimum atomic E-state index is 0.856. The summed E-state index contributed by atoms with van der Waals surface area (Å²) >= 11 is 0. The van der Waals surface area contributed by atoms with Crippen molar-refractivity contribution in [2.45, 2.75) is 13.3 Å². The Hall–Kier alpha value is -1.31. The highest BCUT2D eigenvalue weighted by molar-refractivity contribution is 5.83. The van der Waals surface area contributed by atoms with E-state index in [1.165, 1.54) is 5.56 Å². The van der Waals surface area contributed by atoms with Gasteiger partial charge in [0.25, 0.3) is 0 Å². The molecule has 64 valence electrons. The van der Waals surface area contributed by atoms with E-state index in [4.69, 9.17) is 0 Å². The summed E-state index contributed by atoms with van der Waals surface area (Å²) in [6, 6.07) is 10.2. The first-order chi connectivity index (χ1) is 5.83. The Morgan fingerprint density at radius 2 is 2.00 bits per heavy atom. The van der Waals surface area contributed by atoms with Gasteiger partial charge >= 0.3 is 0 Å². The fraction of sp³-hybridized carbons (Fsp3) is 0.300. The third kappa shape index (κ3) is 2.74. The van der Waals surface area contributed by atoms with E-state index in [9.17, 15) is 0 Å². The molecule has 0 aliphatic rings. The normalized spacial score (nSPS) is 11.3. The largest absolute Gasteiger partial charge is 0.399 e. The number of rotatable bonds is 3. The number of hydrogen-bond donors (Lipinski definition) is 0. The number of nitrogens with zero attached hydrogens (tertiary/aromatic N) is 1. The summed E-state index contributed by atoms with van der Waals surface area (Å²) in [7, 11) is 1.56. The second-order valence-electron chi connectivity index (χ2n) is 2.67. The summed E-state index contributed by atoms with van der Waals surface area (Å²) in [5, 5.41) is 3.84. The van der Waals surface area contributed by atoms with Crippen molar-refractivity contribution in [3.63, 3.8) is 0 Å². The van der Waals surface area contributed by atoms with Crippen molar-refractivity contribution < 1.29 is 4.84 Å². The highest BCUT2D eigenvalue weighted by atomic mass is 16.6. The minimum Gasteiger partial charge on any atom is -0.399 e. The highest BCUT2D eigenvalue weighted by Crippen LogP contribution is 2.00. The van der Waals surface area contributed by atoms with Crippen molar-refractivity contribution in [1.82, 2.24) is 0 Å². The molecule has 1 aromatic rings. The third-order valence-corrected chi connectivity index (χ3v) is 1.55. The van der Waals surface area contributed by atoms with Crippen LogP contribution in [-0.2, 0) is 11.3 Å². The summed E-state index contributed by atoms with van der Waals surface area (Å²) < 4.78 is 0. The van der Waals surface area contributed by atoms with Crippen molar-refractivity contribution in [3.05, 3.63) is 35.9 Å². The van der Waals surface area contributed by atoms with Gasteiger partial charge in [0.05, 0.1) is 5.71 Å². The Kier molecular flexibility index (Phi) is 3.33. The molecular formula is C10H13NO. The van der Waals surface area contributed by atoms with Gasteiger partial charge in [-0.2, -0.15) is 0 Å². The lowest BCUT2D eigenvalue weighted by atomic mass is 10.1. The molecule has 0 aliphatic heterocycles. The fourth-order valence-electron chi connectivity index (χ4n) is 1.08. The van der Waals surface area contributed by atoms with Gasteiger partial charge in [0, 0.05) is 6.42 Å². The van der Waals surface area contributed by atoms with E-state index in [0.717, 1.165) is 12.1 Å². The Balaban J connectivity index is 2.58. The standard InChI is InChI=1S/C10H13NO/c1-9(11-12-2)8-10-6-4-3-5-7-10/h3-7H,8H2,1-2H3/b11-9+. The molecule has 0 bridgehead atoms. The maximum Gasteiger partial charge on any atom is 0.106 e. The predicted octanol–water partition coefficient (Wildman–Crippen LogP) is 2.25. The minimum absolute atomic E-state index is 0.856. The molecule has 0 heterocycles. The topological polar surface area (TPSA) is 21.6 Å². The molecule has 0 radical (unpaired) electrons. The average molecular weight is 163 g/mol. The Morgan fingerprint density at radius 1 is 1.33 bits per heavy atom. The van der Waals surface area contributed by atoms with Gasteiger partial charge in [0.1, 0.15) is 7.11 Å². The Labute approximate surface area is 72.9 Å². The van der Waals surface area contributed by atoms with Crippen LogP contribution in [-0.4, -0.2) is 12.8 Å². The molecule has 0 spiro atoms. The monoisotopic (exact) mass is 163 g/mol. The first-order valence-electron chi connectivity index (χ1n) is 3.93. The molecule has 2 heteroatoms. The summed E-state index contributed by atoms with van der Waals surface area (Å²) in [4.78, 5) is 4.66. The zero-order valence-corrected chi connectivity index (χ0v) is 7.45. The molecule has 0 atom stereocenters. The van der Waals surface area contributed by atoms with E-state index >= 15 is 0 Å². The Morgan fingerprint density at radius 3 is 2.58 bits per heavy atom. The molecule has 0 N–H and O–H groups in total. The molecule has 2 nitrogen and oxygen atoms in total. The van der Waals surface area contributed by atoms with E-state index in [-0.39, 0.29) is 0 Å². The summed E-state index contributed by atoms with van der Waals surface area (Å²) in [5.41, 5.74) is 2.25. The summed E-state index contributed by atoms with van der Waals surface area (Å²) in [6.07, 6.45) is 0.856. The lowest BCUT2D eigenvalue weighted by Gasteiger charge is -1.98. The fourth-order valence-corrected chi connectivity index (χ4v) is 1.08. The van der Waals surface area contributed by atoms with Gasteiger partial charge in [-0.25, -0.2) is 0 Å². The SMILES string of the molecule is CO/N=C(\C)Cc1ccccc1. The van der Waals surface area contributed by atoms with Gasteiger partial charge in [-0.3, -0.25) is 0 Å². The van der Waals surface area contributed by atoms with Crippen LogP contribution in [0.15, 0.2) is 35.5 Å². The van der Waals surface area contributed by atoms with Crippen molar-refractivity contribution in [2.75, 3.05) is 7.11 Å². The van der Waals surface area contributed by atoms with Crippen molar-refractivity contribution in [1.29, 1.82) is 0 Å². The number of hydrogen-bond acceptors (Lipinski definition) is 2. The third-order valence-electron chi connectivity index (χ3n) is 1.55. The van der Waals surface area contributed by atoms with Crippen LogP contribution in [0, 0.1) is 0 Å². The van der Waals surface area contributed by atoms with Gasteiger partial charge in [0.15, 0.2) is 0 Å². The summed E-state index contributed by atoms with van der Waals surface area (Å²) in [6.45, 7) is 1.95. The maximum atomic E-state index is 4.66. The molecule has 0 saturated carbocycles. The second-order valence-corrected chi connectivity index (χ2v) is 2.67. The van der Waals surface area contributed by atoms with E-state index < -0.39 is 0 Å². The molecule has 0 saturated heterocycles. The lowest BCUT2D eigenvalue weighted by molar-refractivity contribution is 0.212. The first-order valence-corrected chi connectivity index (χ1v) is 3.93. The Bertz CT molecular complexity index is 254. The average Bonchev–Trinajstić information content (AvgIpc) is 2.06. The molecule has 1 aromatic carbocycles. The first kappa shape index (κ1) is 8.78. The van der Waals surface area contributed by atoms with Crippen LogP contribution in [0.2, 0.25) is 0 Å².